The highest BCUT2D eigenvalue weighted by atomic mass is 79.9. The zero-order chi connectivity index (χ0) is 32.0. The van der Waals surface area contributed by atoms with Gasteiger partial charge in [-0.2, -0.15) is 13.2 Å². The van der Waals surface area contributed by atoms with Gasteiger partial charge in [0.15, 0.2) is 0 Å². The fraction of sp³-hybridized carbons (Fsp3) is 0.531. The van der Waals surface area contributed by atoms with Gasteiger partial charge in [0.25, 0.3) is 0 Å². The van der Waals surface area contributed by atoms with E-state index in [4.69, 9.17) is 10.5 Å². The first-order chi connectivity index (χ1) is 20.9. The van der Waals surface area contributed by atoms with Gasteiger partial charge in [0, 0.05) is 17.6 Å². The van der Waals surface area contributed by atoms with Gasteiger partial charge in [0.2, 0.25) is 11.8 Å². The lowest BCUT2D eigenvalue weighted by Gasteiger charge is -2.53. The number of fused-ring (bicyclic) bond motifs is 1. The maximum Gasteiger partial charge on any atom is 0.416 e. The van der Waals surface area contributed by atoms with Crippen molar-refractivity contribution in [3.63, 3.8) is 0 Å². The molecule has 2 N–H and O–H groups in total. The average Bonchev–Trinajstić information content (AvgIpc) is 2.98. The first-order valence-electron chi connectivity index (χ1n) is 15.1. The van der Waals surface area contributed by atoms with E-state index in [1.165, 1.54) is 4.90 Å². The Morgan fingerprint density at radius 3 is 2.41 bits per heavy atom. The second-order valence-corrected chi connectivity index (χ2v) is 12.5. The van der Waals surface area contributed by atoms with Crippen LogP contribution in [0.4, 0.5) is 18.0 Å². The molecular weight excluding hydrogens is 641 g/mol. The van der Waals surface area contributed by atoms with Crippen LogP contribution in [0.15, 0.2) is 46.9 Å². The Hall–Kier alpha value is -3.12. The number of ether oxygens (including phenoxy) is 1. The number of nitrogens with zero attached hydrogens (tertiary/aromatic N) is 3. The summed E-state index contributed by atoms with van der Waals surface area (Å²) in [7, 11) is 0. The molecule has 2 aliphatic rings. The van der Waals surface area contributed by atoms with E-state index in [2.05, 4.69) is 15.9 Å². The number of rotatable bonds is 11. The number of aryl methyl sites for hydroxylation is 1. The van der Waals surface area contributed by atoms with Crippen LogP contribution in [0.3, 0.4) is 0 Å². The first-order valence-corrected chi connectivity index (χ1v) is 15.9. The predicted molar refractivity (Wildman–Crippen MR) is 163 cm³/mol. The van der Waals surface area contributed by atoms with Crippen LogP contribution in [-0.4, -0.2) is 71.0 Å². The lowest BCUT2D eigenvalue weighted by Crippen LogP contribution is -2.73. The normalized spacial score (nSPS) is 20.6. The number of amides is 3. The number of hydrogen-bond donors (Lipinski definition) is 1. The van der Waals surface area contributed by atoms with Gasteiger partial charge in [-0.25, -0.2) is 4.79 Å². The SMILES string of the molecule is CCCCN1C[C@@H]2N(C(=O)OCc3cc(C)cc(C(F)(F)F)c3)C[C@H](Cc3ccc(Br)cc3)C(=O)N2[C@@H](CCCCN)C1=O. The summed E-state index contributed by atoms with van der Waals surface area (Å²) in [5, 5.41) is 0. The Balaban J connectivity index is 1.64. The van der Waals surface area contributed by atoms with Crippen molar-refractivity contribution in [1.82, 2.24) is 14.7 Å². The van der Waals surface area contributed by atoms with Crippen molar-refractivity contribution in [3.05, 3.63) is 69.2 Å². The third kappa shape index (κ3) is 8.12. The van der Waals surface area contributed by atoms with Crippen LogP contribution in [0, 0.1) is 12.8 Å². The maximum atomic E-state index is 14.1. The molecule has 2 aliphatic heterocycles. The molecule has 4 rings (SSSR count). The molecule has 0 spiro atoms. The summed E-state index contributed by atoms with van der Waals surface area (Å²) in [4.78, 5) is 46.3. The van der Waals surface area contributed by atoms with Crippen molar-refractivity contribution in [2.45, 2.75) is 77.4 Å². The fourth-order valence-corrected chi connectivity index (χ4v) is 6.26. The second-order valence-electron chi connectivity index (χ2n) is 11.6. The lowest BCUT2D eigenvalue weighted by molar-refractivity contribution is -0.173. The minimum Gasteiger partial charge on any atom is -0.444 e. The molecule has 0 saturated carbocycles. The number of benzene rings is 2. The zero-order valence-corrected chi connectivity index (χ0v) is 26.7. The van der Waals surface area contributed by atoms with E-state index in [1.54, 1.807) is 22.8 Å². The van der Waals surface area contributed by atoms with Crippen LogP contribution in [0.1, 0.15) is 61.3 Å². The molecule has 0 aliphatic carbocycles. The number of piperazine rings is 1. The fourth-order valence-electron chi connectivity index (χ4n) is 6.00. The highest BCUT2D eigenvalue weighted by Crippen LogP contribution is 2.33. The van der Waals surface area contributed by atoms with Gasteiger partial charge in [-0.05, 0) is 81.0 Å². The number of carbonyl (C=O) groups is 3. The minimum atomic E-state index is -4.53. The van der Waals surface area contributed by atoms with E-state index in [0.29, 0.717) is 44.3 Å². The summed E-state index contributed by atoms with van der Waals surface area (Å²) in [5.41, 5.74) is 6.41. The summed E-state index contributed by atoms with van der Waals surface area (Å²) in [6, 6.07) is 10.4. The van der Waals surface area contributed by atoms with Crippen molar-refractivity contribution in [2.24, 2.45) is 11.7 Å². The topological polar surface area (TPSA) is 96.2 Å². The van der Waals surface area contributed by atoms with Gasteiger partial charge >= 0.3 is 12.3 Å². The van der Waals surface area contributed by atoms with Crippen molar-refractivity contribution < 1.29 is 32.3 Å². The quantitative estimate of drug-likeness (QED) is 0.299. The molecule has 0 unspecified atom stereocenters. The summed E-state index contributed by atoms with van der Waals surface area (Å²) in [5.74, 6) is -0.975. The van der Waals surface area contributed by atoms with Gasteiger partial charge in [-0.3, -0.25) is 14.5 Å². The van der Waals surface area contributed by atoms with E-state index < -0.39 is 36.0 Å². The van der Waals surface area contributed by atoms with Crippen molar-refractivity contribution in [1.29, 1.82) is 0 Å². The van der Waals surface area contributed by atoms with Crippen LogP contribution in [0.5, 0.6) is 0 Å². The van der Waals surface area contributed by atoms with Crippen LogP contribution in [0.2, 0.25) is 0 Å². The van der Waals surface area contributed by atoms with E-state index in [0.717, 1.165) is 35.0 Å². The maximum absolute atomic E-state index is 14.1. The molecule has 3 amide bonds. The number of nitrogens with two attached hydrogens (primary N) is 1. The van der Waals surface area contributed by atoms with Crippen molar-refractivity contribution >= 4 is 33.8 Å². The molecule has 240 valence electrons. The molecular formula is C32H40BrF3N4O4. The highest BCUT2D eigenvalue weighted by Gasteiger charge is 2.51. The minimum absolute atomic E-state index is 0.0574. The molecule has 2 saturated heterocycles. The summed E-state index contributed by atoms with van der Waals surface area (Å²) >= 11 is 3.42. The number of alkyl halides is 3. The first kappa shape index (κ1) is 33.8. The van der Waals surface area contributed by atoms with Gasteiger partial charge in [0.05, 0.1) is 18.0 Å². The molecule has 2 fully saturated rings. The van der Waals surface area contributed by atoms with E-state index in [1.807, 2.05) is 31.2 Å². The highest BCUT2D eigenvalue weighted by molar-refractivity contribution is 9.10. The molecule has 12 heteroatoms. The number of halogens is 4. The second kappa shape index (κ2) is 14.8. The van der Waals surface area contributed by atoms with Gasteiger partial charge in [-0.15, -0.1) is 0 Å². The third-order valence-electron chi connectivity index (χ3n) is 8.19. The molecule has 2 aromatic carbocycles. The Morgan fingerprint density at radius 2 is 1.75 bits per heavy atom. The number of carbonyl (C=O) groups excluding carboxylic acids is 3. The molecule has 0 aromatic heterocycles. The Bertz CT molecular complexity index is 1320. The summed E-state index contributed by atoms with van der Waals surface area (Å²) in [6.45, 7) is 4.36. The van der Waals surface area contributed by atoms with E-state index in [-0.39, 0.29) is 37.1 Å². The summed E-state index contributed by atoms with van der Waals surface area (Å²) < 4.78 is 46.7. The van der Waals surface area contributed by atoms with Crippen molar-refractivity contribution in [3.8, 4) is 0 Å². The van der Waals surface area contributed by atoms with E-state index in [9.17, 15) is 27.6 Å². The molecule has 8 nitrogen and oxygen atoms in total. The largest absolute Gasteiger partial charge is 0.444 e. The van der Waals surface area contributed by atoms with Crippen molar-refractivity contribution in [2.75, 3.05) is 26.2 Å². The van der Waals surface area contributed by atoms with Crippen LogP contribution in [0.25, 0.3) is 0 Å². The van der Waals surface area contributed by atoms with Crippen LogP contribution < -0.4 is 5.73 Å². The smallest absolute Gasteiger partial charge is 0.416 e. The molecule has 3 atom stereocenters. The molecule has 0 radical (unpaired) electrons. The predicted octanol–water partition coefficient (Wildman–Crippen LogP) is 5.88. The Morgan fingerprint density at radius 1 is 1.02 bits per heavy atom. The van der Waals surface area contributed by atoms with Crippen LogP contribution >= 0.6 is 15.9 Å². The monoisotopic (exact) mass is 680 g/mol. The lowest BCUT2D eigenvalue weighted by atomic mass is 9.90. The molecule has 2 heterocycles. The van der Waals surface area contributed by atoms with E-state index >= 15 is 0 Å². The average molecular weight is 682 g/mol. The van der Waals surface area contributed by atoms with Gasteiger partial charge in [0.1, 0.15) is 18.8 Å². The Labute approximate surface area is 264 Å². The zero-order valence-electron chi connectivity index (χ0n) is 25.1. The van der Waals surface area contributed by atoms with Crippen LogP contribution in [-0.2, 0) is 33.5 Å². The summed E-state index contributed by atoms with van der Waals surface area (Å²) in [6.07, 6.45) is -2.30. The van der Waals surface area contributed by atoms with Gasteiger partial charge in [-0.1, -0.05) is 53.0 Å². The third-order valence-corrected chi connectivity index (χ3v) is 8.72. The number of hydrogen-bond acceptors (Lipinski definition) is 5. The molecule has 0 bridgehead atoms. The molecule has 2 aromatic rings. The Kier molecular flexibility index (Phi) is 11.3. The standard InChI is InChI=1S/C32H40BrF3N4O4/c1-3-4-13-38-19-28-39(31(43)44-20-23-14-21(2)15-25(17-23)32(34,35)36)18-24(16-22-8-10-26(33)11-9-22)29(41)40(28)27(30(38)42)7-5-6-12-37/h8-11,14-15,17,24,27-28H,3-7,12-13,16,18-20,37H2,1-2H3/t24-,27-,28+/m0/s1. The molecule has 44 heavy (non-hydrogen) atoms. The number of unbranched alkanes of at least 4 members (excludes halogenated alkanes) is 2. The van der Waals surface area contributed by atoms with Gasteiger partial charge < -0.3 is 20.3 Å².